The Bertz CT molecular complexity index is 430. The Balaban J connectivity index is 2.19. The van der Waals surface area contributed by atoms with Crippen molar-refractivity contribution in [3.8, 4) is 11.5 Å². The normalized spacial score (nSPS) is 14.5. The lowest BCUT2D eigenvalue weighted by Crippen LogP contribution is -2.17. The van der Waals surface area contributed by atoms with E-state index in [1.165, 1.54) is 0 Å². The third kappa shape index (κ3) is 2.99. The van der Waals surface area contributed by atoms with Crippen molar-refractivity contribution in [3.63, 3.8) is 0 Å². The van der Waals surface area contributed by atoms with Crippen LogP contribution in [0.4, 0.5) is 0 Å². The van der Waals surface area contributed by atoms with Crippen molar-refractivity contribution in [3.05, 3.63) is 23.8 Å². The van der Waals surface area contributed by atoms with Crippen LogP contribution >= 0.6 is 0 Å². The summed E-state index contributed by atoms with van der Waals surface area (Å²) in [6.07, 6.45) is 0.534. The van der Waals surface area contributed by atoms with Gasteiger partial charge in [-0.2, -0.15) is 0 Å². The Morgan fingerprint density at radius 2 is 1.82 bits per heavy atom. The molecule has 0 unspecified atom stereocenters. The highest BCUT2D eigenvalue weighted by atomic mass is 16.6. The van der Waals surface area contributed by atoms with Crippen LogP contribution in [0, 0.1) is 5.41 Å². The van der Waals surface area contributed by atoms with Crippen molar-refractivity contribution >= 4 is 5.78 Å². The van der Waals surface area contributed by atoms with Gasteiger partial charge in [0.2, 0.25) is 0 Å². The van der Waals surface area contributed by atoms with Gasteiger partial charge in [-0.3, -0.25) is 4.79 Å². The zero-order valence-electron chi connectivity index (χ0n) is 10.6. The van der Waals surface area contributed by atoms with Crippen LogP contribution in [0.15, 0.2) is 18.2 Å². The molecule has 0 fully saturated rings. The highest BCUT2D eigenvalue weighted by Gasteiger charge is 2.19. The second-order valence-corrected chi connectivity index (χ2v) is 5.52. The molecule has 0 aliphatic carbocycles. The third-order valence-electron chi connectivity index (χ3n) is 2.56. The molecule has 0 N–H and O–H groups in total. The molecule has 0 aromatic heterocycles. The fraction of sp³-hybridized carbons (Fsp3) is 0.500. The molecule has 1 aromatic carbocycles. The number of hydrogen-bond acceptors (Lipinski definition) is 3. The Morgan fingerprint density at radius 1 is 1.18 bits per heavy atom. The first kappa shape index (κ1) is 12.0. The first-order valence-electron chi connectivity index (χ1n) is 5.88. The summed E-state index contributed by atoms with van der Waals surface area (Å²) in [6, 6.07) is 5.40. The maximum absolute atomic E-state index is 12.0. The number of Topliss-reactive ketones (excluding diaryl/α,β-unsaturated/α-hetero) is 1. The highest BCUT2D eigenvalue weighted by molar-refractivity contribution is 5.97. The molecule has 1 heterocycles. The number of hydrogen-bond donors (Lipinski definition) is 0. The van der Waals surface area contributed by atoms with Crippen molar-refractivity contribution in [2.24, 2.45) is 5.41 Å². The van der Waals surface area contributed by atoms with E-state index in [-0.39, 0.29) is 11.2 Å². The standard InChI is InChI=1S/C14H18O3/c1-14(2,3)9-11(15)10-4-5-12-13(8-10)17-7-6-16-12/h4-5,8H,6-7,9H2,1-3H3. The molecule has 1 aliphatic heterocycles. The first-order chi connectivity index (χ1) is 7.96. The van der Waals surface area contributed by atoms with Crippen LogP contribution in [-0.2, 0) is 0 Å². The molecule has 0 amide bonds. The Morgan fingerprint density at radius 3 is 2.47 bits per heavy atom. The summed E-state index contributed by atoms with van der Waals surface area (Å²) in [7, 11) is 0. The number of fused-ring (bicyclic) bond motifs is 1. The minimum Gasteiger partial charge on any atom is -0.486 e. The number of rotatable bonds is 2. The average Bonchev–Trinajstić information content (AvgIpc) is 2.26. The largest absolute Gasteiger partial charge is 0.486 e. The molecule has 0 radical (unpaired) electrons. The molecule has 1 aliphatic rings. The molecule has 0 saturated carbocycles. The second-order valence-electron chi connectivity index (χ2n) is 5.52. The maximum atomic E-state index is 12.0. The lowest BCUT2D eigenvalue weighted by molar-refractivity contribution is 0.0938. The summed E-state index contributed by atoms with van der Waals surface area (Å²) in [5, 5.41) is 0. The molecule has 3 nitrogen and oxygen atoms in total. The van der Waals surface area contributed by atoms with Gasteiger partial charge in [0.25, 0.3) is 0 Å². The minimum absolute atomic E-state index is 0.00431. The topological polar surface area (TPSA) is 35.5 Å². The van der Waals surface area contributed by atoms with Crippen molar-refractivity contribution in [1.29, 1.82) is 0 Å². The summed E-state index contributed by atoms with van der Waals surface area (Å²) < 4.78 is 10.9. The van der Waals surface area contributed by atoms with E-state index in [1.54, 1.807) is 6.07 Å². The Hall–Kier alpha value is -1.51. The quantitative estimate of drug-likeness (QED) is 0.738. The number of ketones is 1. The van der Waals surface area contributed by atoms with E-state index in [0.29, 0.717) is 30.9 Å². The predicted octanol–water partition coefficient (Wildman–Crippen LogP) is 3.08. The van der Waals surface area contributed by atoms with E-state index in [4.69, 9.17) is 9.47 Å². The Kier molecular flexibility index (Phi) is 3.09. The van der Waals surface area contributed by atoms with Gasteiger partial charge in [0.15, 0.2) is 17.3 Å². The number of carbonyl (C=O) groups is 1. The number of benzene rings is 1. The van der Waals surface area contributed by atoms with Gasteiger partial charge in [0.1, 0.15) is 13.2 Å². The monoisotopic (exact) mass is 234 g/mol. The first-order valence-corrected chi connectivity index (χ1v) is 5.88. The van der Waals surface area contributed by atoms with Gasteiger partial charge >= 0.3 is 0 Å². The van der Waals surface area contributed by atoms with Crippen LogP contribution in [0.3, 0.4) is 0 Å². The van der Waals surface area contributed by atoms with Crippen molar-refractivity contribution in [1.82, 2.24) is 0 Å². The lowest BCUT2D eigenvalue weighted by Gasteiger charge is -2.20. The van der Waals surface area contributed by atoms with Gasteiger partial charge in [-0.15, -0.1) is 0 Å². The minimum atomic E-state index is 0.00431. The zero-order chi connectivity index (χ0) is 12.5. The van der Waals surface area contributed by atoms with Crippen LogP contribution in [-0.4, -0.2) is 19.0 Å². The summed E-state index contributed by atoms with van der Waals surface area (Å²) in [4.78, 5) is 12.0. The summed E-state index contributed by atoms with van der Waals surface area (Å²) in [6.45, 7) is 7.29. The van der Waals surface area contributed by atoms with E-state index in [9.17, 15) is 4.79 Å². The molecule has 2 rings (SSSR count). The molecule has 0 saturated heterocycles. The molecule has 0 spiro atoms. The fourth-order valence-corrected chi connectivity index (χ4v) is 1.80. The number of carbonyl (C=O) groups excluding carboxylic acids is 1. The summed E-state index contributed by atoms with van der Waals surface area (Å²) in [5.41, 5.74) is 0.703. The van der Waals surface area contributed by atoms with E-state index in [2.05, 4.69) is 20.8 Å². The van der Waals surface area contributed by atoms with Gasteiger partial charge < -0.3 is 9.47 Å². The molecule has 92 valence electrons. The van der Waals surface area contributed by atoms with E-state index < -0.39 is 0 Å². The molecule has 3 heteroatoms. The van der Waals surface area contributed by atoms with E-state index >= 15 is 0 Å². The van der Waals surface area contributed by atoms with Gasteiger partial charge in [-0.25, -0.2) is 0 Å². The summed E-state index contributed by atoms with van der Waals surface area (Å²) in [5.74, 6) is 1.55. The smallest absolute Gasteiger partial charge is 0.163 e. The molecular weight excluding hydrogens is 216 g/mol. The maximum Gasteiger partial charge on any atom is 0.163 e. The van der Waals surface area contributed by atoms with Gasteiger partial charge in [0, 0.05) is 12.0 Å². The second kappa shape index (κ2) is 4.40. The van der Waals surface area contributed by atoms with E-state index in [1.807, 2.05) is 12.1 Å². The van der Waals surface area contributed by atoms with Crippen LogP contribution < -0.4 is 9.47 Å². The molecule has 1 aromatic rings. The third-order valence-corrected chi connectivity index (χ3v) is 2.56. The molecule has 0 atom stereocenters. The van der Waals surface area contributed by atoms with Crippen LogP contribution in [0.2, 0.25) is 0 Å². The molecule has 17 heavy (non-hydrogen) atoms. The van der Waals surface area contributed by atoms with Crippen molar-refractivity contribution in [2.75, 3.05) is 13.2 Å². The lowest BCUT2D eigenvalue weighted by atomic mass is 9.88. The summed E-state index contributed by atoms with van der Waals surface area (Å²) >= 11 is 0. The fourth-order valence-electron chi connectivity index (χ4n) is 1.80. The van der Waals surface area contributed by atoms with Gasteiger partial charge in [-0.05, 0) is 23.6 Å². The van der Waals surface area contributed by atoms with E-state index in [0.717, 1.165) is 5.75 Å². The van der Waals surface area contributed by atoms with Crippen LogP contribution in [0.25, 0.3) is 0 Å². The van der Waals surface area contributed by atoms with Crippen LogP contribution in [0.5, 0.6) is 11.5 Å². The van der Waals surface area contributed by atoms with Crippen molar-refractivity contribution < 1.29 is 14.3 Å². The van der Waals surface area contributed by atoms with Gasteiger partial charge in [-0.1, -0.05) is 20.8 Å². The Labute approximate surface area is 102 Å². The van der Waals surface area contributed by atoms with Crippen LogP contribution in [0.1, 0.15) is 37.6 Å². The SMILES string of the molecule is CC(C)(C)CC(=O)c1ccc2c(c1)OCCO2. The van der Waals surface area contributed by atoms with Crippen molar-refractivity contribution in [2.45, 2.75) is 27.2 Å². The predicted molar refractivity (Wildman–Crippen MR) is 65.8 cm³/mol. The number of ether oxygens (including phenoxy) is 2. The van der Waals surface area contributed by atoms with Gasteiger partial charge in [0.05, 0.1) is 0 Å². The highest BCUT2D eigenvalue weighted by Crippen LogP contribution is 2.32. The molecule has 0 bridgehead atoms. The average molecular weight is 234 g/mol. The zero-order valence-corrected chi connectivity index (χ0v) is 10.6. The molecular formula is C14H18O3.